The molecule has 2 unspecified atom stereocenters. The van der Waals surface area contributed by atoms with Crippen LogP contribution in [0.1, 0.15) is 32.6 Å². The first-order valence-electron chi connectivity index (χ1n) is 6.49. The number of nitrogens with zero attached hydrogens (tertiary/aromatic N) is 1. The van der Waals surface area contributed by atoms with Gasteiger partial charge in [0.05, 0.1) is 0 Å². The molecule has 0 aromatic carbocycles. The van der Waals surface area contributed by atoms with Gasteiger partial charge in [0.15, 0.2) is 0 Å². The Kier molecular flexibility index (Phi) is 5.88. The summed E-state index contributed by atoms with van der Waals surface area (Å²) in [5.41, 5.74) is 0. The van der Waals surface area contributed by atoms with Gasteiger partial charge < -0.3 is 15.5 Å². The van der Waals surface area contributed by atoms with Crippen LogP contribution in [-0.4, -0.2) is 48.4 Å². The highest BCUT2D eigenvalue weighted by Gasteiger charge is 2.29. The summed E-state index contributed by atoms with van der Waals surface area (Å²) in [5.74, 6) is 0.0737. The molecule has 2 fully saturated rings. The molecular formula is C12H22ClN3O2. The second-order valence-corrected chi connectivity index (χ2v) is 4.89. The molecule has 2 aliphatic rings. The SMILES string of the molecule is CC1C(=O)NCCN1C(=O)CCC1CCCN1.Cl. The Balaban J connectivity index is 0.00000162. The maximum absolute atomic E-state index is 12.0. The highest BCUT2D eigenvalue weighted by atomic mass is 35.5. The molecule has 0 radical (unpaired) electrons. The Bertz CT molecular complexity index is 306. The summed E-state index contributed by atoms with van der Waals surface area (Å²) < 4.78 is 0. The average molecular weight is 276 g/mol. The van der Waals surface area contributed by atoms with Gasteiger partial charge in [0, 0.05) is 25.6 Å². The van der Waals surface area contributed by atoms with Crippen LogP contribution in [0, 0.1) is 0 Å². The number of halogens is 1. The largest absolute Gasteiger partial charge is 0.353 e. The Labute approximate surface area is 114 Å². The first kappa shape index (κ1) is 15.2. The number of hydrogen-bond acceptors (Lipinski definition) is 3. The molecule has 5 nitrogen and oxygen atoms in total. The third kappa shape index (κ3) is 3.59. The van der Waals surface area contributed by atoms with Crippen molar-refractivity contribution in [2.45, 2.75) is 44.7 Å². The van der Waals surface area contributed by atoms with E-state index in [-0.39, 0.29) is 30.3 Å². The number of hydrogen-bond donors (Lipinski definition) is 2. The number of nitrogens with one attached hydrogen (secondary N) is 2. The van der Waals surface area contributed by atoms with E-state index in [0.717, 1.165) is 13.0 Å². The van der Waals surface area contributed by atoms with Gasteiger partial charge in [-0.3, -0.25) is 9.59 Å². The molecule has 0 spiro atoms. The maximum atomic E-state index is 12.0. The summed E-state index contributed by atoms with van der Waals surface area (Å²) in [6, 6.07) is 0.181. The van der Waals surface area contributed by atoms with E-state index in [1.807, 2.05) is 0 Å². The molecule has 2 N–H and O–H groups in total. The van der Waals surface area contributed by atoms with Gasteiger partial charge in [0.1, 0.15) is 6.04 Å². The lowest BCUT2D eigenvalue weighted by Crippen LogP contribution is -2.55. The maximum Gasteiger partial charge on any atom is 0.242 e. The smallest absolute Gasteiger partial charge is 0.242 e. The molecule has 0 aromatic heterocycles. The normalized spacial score (nSPS) is 27.6. The van der Waals surface area contributed by atoms with Gasteiger partial charge in [-0.2, -0.15) is 0 Å². The van der Waals surface area contributed by atoms with Crippen LogP contribution in [-0.2, 0) is 9.59 Å². The molecule has 0 bridgehead atoms. The molecule has 2 atom stereocenters. The number of amides is 2. The second-order valence-electron chi connectivity index (χ2n) is 4.89. The molecular weight excluding hydrogens is 254 g/mol. The van der Waals surface area contributed by atoms with Crippen molar-refractivity contribution in [3.8, 4) is 0 Å². The highest BCUT2D eigenvalue weighted by Crippen LogP contribution is 2.13. The summed E-state index contributed by atoms with van der Waals surface area (Å²) in [7, 11) is 0. The Morgan fingerprint density at radius 3 is 2.89 bits per heavy atom. The van der Waals surface area contributed by atoms with E-state index in [9.17, 15) is 9.59 Å². The van der Waals surface area contributed by atoms with Gasteiger partial charge in [0.25, 0.3) is 0 Å². The van der Waals surface area contributed by atoms with E-state index < -0.39 is 0 Å². The minimum atomic E-state index is -0.312. The average Bonchev–Trinajstić information content (AvgIpc) is 2.82. The molecule has 18 heavy (non-hydrogen) atoms. The summed E-state index contributed by atoms with van der Waals surface area (Å²) in [5, 5.41) is 6.15. The van der Waals surface area contributed by atoms with Crippen molar-refractivity contribution >= 4 is 24.2 Å². The lowest BCUT2D eigenvalue weighted by atomic mass is 10.1. The van der Waals surface area contributed by atoms with Crippen molar-refractivity contribution in [1.29, 1.82) is 0 Å². The summed E-state index contributed by atoms with van der Waals surface area (Å²) in [6.07, 6.45) is 3.82. The second kappa shape index (κ2) is 6.95. The minimum Gasteiger partial charge on any atom is -0.353 e. The van der Waals surface area contributed by atoms with Crippen LogP contribution in [0.4, 0.5) is 0 Å². The highest BCUT2D eigenvalue weighted by molar-refractivity contribution is 5.88. The number of carbonyl (C=O) groups excluding carboxylic acids is 2. The molecule has 0 aromatic rings. The summed E-state index contributed by atoms with van der Waals surface area (Å²) in [4.78, 5) is 25.2. The van der Waals surface area contributed by atoms with E-state index in [2.05, 4.69) is 10.6 Å². The van der Waals surface area contributed by atoms with Crippen LogP contribution in [0.15, 0.2) is 0 Å². The predicted molar refractivity (Wildman–Crippen MR) is 71.7 cm³/mol. The van der Waals surface area contributed by atoms with Crippen molar-refractivity contribution in [2.75, 3.05) is 19.6 Å². The van der Waals surface area contributed by atoms with Gasteiger partial charge in [-0.05, 0) is 32.7 Å². The zero-order chi connectivity index (χ0) is 12.3. The van der Waals surface area contributed by atoms with Crippen LogP contribution in [0.3, 0.4) is 0 Å². The van der Waals surface area contributed by atoms with Crippen molar-refractivity contribution in [2.24, 2.45) is 0 Å². The fraction of sp³-hybridized carbons (Fsp3) is 0.833. The quantitative estimate of drug-likeness (QED) is 0.778. The standard InChI is InChI=1S/C12H21N3O2.ClH/c1-9-12(17)14-7-8-15(9)11(16)5-4-10-3-2-6-13-10;/h9-10,13H,2-8H2,1H3,(H,14,17);1H. The molecule has 104 valence electrons. The molecule has 2 heterocycles. The predicted octanol–water partition coefficient (Wildman–Crippen LogP) is 0.287. The van der Waals surface area contributed by atoms with Crippen molar-refractivity contribution in [1.82, 2.24) is 15.5 Å². The van der Waals surface area contributed by atoms with E-state index in [4.69, 9.17) is 0 Å². The van der Waals surface area contributed by atoms with E-state index in [1.54, 1.807) is 11.8 Å². The zero-order valence-electron chi connectivity index (χ0n) is 10.8. The van der Waals surface area contributed by atoms with Gasteiger partial charge in [-0.1, -0.05) is 0 Å². The number of carbonyl (C=O) groups is 2. The van der Waals surface area contributed by atoms with Crippen LogP contribution in [0.2, 0.25) is 0 Å². The number of piperazine rings is 1. The van der Waals surface area contributed by atoms with Crippen LogP contribution >= 0.6 is 12.4 Å². The molecule has 0 saturated carbocycles. The van der Waals surface area contributed by atoms with Crippen molar-refractivity contribution < 1.29 is 9.59 Å². The fourth-order valence-electron chi connectivity index (χ4n) is 2.57. The number of rotatable bonds is 3. The Hall–Kier alpha value is -0.810. The lowest BCUT2D eigenvalue weighted by Gasteiger charge is -2.33. The minimum absolute atomic E-state index is 0. The Morgan fingerprint density at radius 1 is 1.44 bits per heavy atom. The topological polar surface area (TPSA) is 61.4 Å². The molecule has 0 aliphatic carbocycles. The first-order valence-corrected chi connectivity index (χ1v) is 6.49. The molecule has 2 saturated heterocycles. The lowest BCUT2D eigenvalue weighted by molar-refractivity contribution is -0.142. The fourth-order valence-corrected chi connectivity index (χ4v) is 2.57. The van der Waals surface area contributed by atoms with Gasteiger partial charge in [-0.15, -0.1) is 12.4 Å². The van der Waals surface area contributed by atoms with Crippen molar-refractivity contribution in [3.05, 3.63) is 0 Å². The summed E-state index contributed by atoms with van der Waals surface area (Å²) in [6.45, 7) is 4.09. The van der Waals surface area contributed by atoms with Crippen LogP contribution in [0.25, 0.3) is 0 Å². The van der Waals surface area contributed by atoms with E-state index in [0.29, 0.717) is 25.6 Å². The van der Waals surface area contributed by atoms with E-state index >= 15 is 0 Å². The first-order chi connectivity index (χ1) is 8.18. The van der Waals surface area contributed by atoms with Crippen LogP contribution in [0.5, 0.6) is 0 Å². The molecule has 6 heteroatoms. The molecule has 2 aliphatic heterocycles. The summed E-state index contributed by atoms with van der Waals surface area (Å²) >= 11 is 0. The van der Waals surface area contributed by atoms with E-state index in [1.165, 1.54) is 12.8 Å². The monoisotopic (exact) mass is 275 g/mol. The van der Waals surface area contributed by atoms with Gasteiger partial charge in [0.2, 0.25) is 11.8 Å². The Morgan fingerprint density at radius 2 is 2.22 bits per heavy atom. The zero-order valence-corrected chi connectivity index (χ0v) is 11.6. The van der Waals surface area contributed by atoms with Crippen molar-refractivity contribution in [3.63, 3.8) is 0 Å². The third-order valence-electron chi connectivity index (χ3n) is 3.69. The third-order valence-corrected chi connectivity index (χ3v) is 3.69. The van der Waals surface area contributed by atoms with Gasteiger partial charge in [-0.25, -0.2) is 0 Å². The molecule has 2 amide bonds. The van der Waals surface area contributed by atoms with Gasteiger partial charge >= 0.3 is 0 Å². The van der Waals surface area contributed by atoms with Crippen LogP contribution < -0.4 is 10.6 Å². The molecule has 2 rings (SSSR count).